The minimum absolute atomic E-state index is 0.0121. The zero-order valence-corrected chi connectivity index (χ0v) is 16.2. The number of anilines is 1. The Bertz CT molecular complexity index is 1180. The Labute approximate surface area is 163 Å². The van der Waals surface area contributed by atoms with Crippen molar-refractivity contribution in [1.29, 1.82) is 0 Å². The summed E-state index contributed by atoms with van der Waals surface area (Å²) in [6, 6.07) is 11.8. The molecule has 0 saturated heterocycles. The van der Waals surface area contributed by atoms with Gasteiger partial charge in [-0.25, -0.2) is 9.97 Å². The SMILES string of the molecule is CC(C)(C)C(=O)c1ccc2cc3c(cc2n1)CC1(C3)C(=O)Nc2ncccc21. The van der Waals surface area contributed by atoms with Crippen LogP contribution in [0.3, 0.4) is 0 Å². The Kier molecular flexibility index (Phi) is 3.33. The molecule has 1 aliphatic carbocycles. The zero-order chi connectivity index (χ0) is 19.7. The number of aromatic nitrogens is 2. The van der Waals surface area contributed by atoms with Crippen molar-refractivity contribution in [2.75, 3.05) is 5.32 Å². The summed E-state index contributed by atoms with van der Waals surface area (Å²) in [7, 11) is 0. The summed E-state index contributed by atoms with van der Waals surface area (Å²) in [6.07, 6.45) is 2.99. The highest BCUT2D eigenvalue weighted by Gasteiger charge is 2.51. The van der Waals surface area contributed by atoms with Crippen molar-refractivity contribution in [3.05, 3.63) is 65.0 Å². The van der Waals surface area contributed by atoms with Crippen molar-refractivity contribution in [2.24, 2.45) is 5.41 Å². The third kappa shape index (κ3) is 2.32. The summed E-state index contributed by atoms with van der Waals surface area (Å²) in [4.78, 5) is 34.4. The van der Waals surface area contributed by atoms with Gasteiger partial charge in [0.25, 0.3) is 0 Å². The summed E-state index contributed by atoms with van der Waals surface area (Å²) in [5, 5.41) is 3.93. The average molecular weight is 371 g/mol. The fourth-order valence-electron chi connectivity index (χ4n) is 4.41. The number of hydrogen-bond acceptors (Lipinski definition) is 4. The monoisotopic (exact) mass is 371 g/mol. The molecule has 1 aliphatic heterocycles. The molecule has 28 heavy (non-hydrogen) atoms. The minimum Gasteiger partial charge on any atom is -0.310 e. The maximum atomic E-state index is 12.9. The lowest BCUT2D eigenvalue weighted by Crippen LogP contribution is -2.35. The fourth-order valence-corrected chi connectivity index (χ4v) is 4.41. The third-order valence-corrected chi connectivity index (χ3v) is 5.90. The second kappa shape index (κ2) is 5.47. The fraction of sp³-hybridized carbons (Fsp3) is 0.304. The number of amides is 1. The third-order valence-electron chi connectivity index (χ3n) is 5.90. The maximum absolute atomic E-state index is 12.9. The van der Waals surface area contributed by atoms with Gasteiger partial charge in [-0.05, 0) is 48.2 Å². The van der Waals surface area contributed by atoms with Crippen molar-refractivity contribution in [1.82, 2.24) is 9.97 Å². The number of rotatable bonds is 1. The van der Waals surface area contributed by atoms with Gasteiger partial charge in [0.05, 0.1) is 10.9 Å². The first-order chi connectivity index (χ1) is 13.3. The molecule has 3 aromatic rings. The molecular formula is C23H21N3O2. The molecule has 1 aromatic carbocycles. The number of hydrogen-bond donors (Lipinski definition) is 1. The average Bonchev–Trinajstić information content (AvgIpc) is 3.16. The second-order valence-corrected chi connectivity index (χ2v) is 8.88. The molecule has 0 fully saturated rings. The number of fused-ring (bicyclic) bond motifs is 4. The van der Waals surface area contributed by atoms with Gasteiger partial charge < -0.3 is 5.32 Å². The second-order valence-electron chi connectivity index (χ2n) is 8.88. The molecule has 2 aromatic heterocycles. The molecule has 5 heteroatoms. The van der Waals surface area contributed by atoms with E-state index >= 15 is 0 Å². The number of nitrogens with one attached hydrogen (secondary N) is 1. The molecule has 5 rings (SSSR count). The van der Waals surface area contributed by atoms with Gasteiger partial charge in [-0.3, -0.25) is 9.59 Å². The van der Waals surface area contributed by atoms with Gasteiger partial charge in [0.1, 0.15) is 11.5 Å². The van der Waals surface area contributed by atoms with E-state index in [4.69, 9.17) is 0 Å². The van der Waals surface area contributed by atoms with Crippen LogP contribution in [-0.4, -0.2) is 21.7 Å². The molecule has 1 N–H and O–H groups in total. The standard InChI is InChI=1S/C23H21N3O2/c1-22(2,3)19(27)17-7-6-13-9-14-11-23(12-15(14)10-18(13)25-17)16-5-4-8-24-20(16)26-21(23)28/h4-10H,11-12H2,1-3H3,(H,24,26,28). The summed E-state index contributed by atoms with van der Waals surface area (Å²) in [6.45, 7) is 5.70. The van der Waals surface area contributed by atoms with Crippen LogP contribution in [0.15, 0.2) is 42.6 Å². The number of nitrogens with zero attached hydrogens (tertiary/aromatic N) is 2. The Balaban J connectivity index is 1.60. The van der Waals surface area contributed by atoms with Crippen LogP contribution in [0.4, 0.5) is 5.82 Å². The quantitative estimate of drug-likeness (QED) is 0.660. The van der Waals surface area contributed by atoms with Crippen molar-refractivity contribution >= 4 is 28.4 Å². The predicted octanol–water partition coefficient (Wildman–Crippen LogP) is 3.85. The van der Waals surface area contributed by atoms with E-state index in [9.17, 15) is 9.59 Å². The largest absolute Gasteiger partial charge is 0.310 e. The van der Waals surface area contributed by atoms with E-state index in [-0.39, 0.29) is 11.7 Å². The van der Waals surface area contributed by atoms with E-state index in [1.807, 2.05) is 45.0 Å². The van der Waals surface area contributed by atoms with Gasteiger partial charge in [0.2, 0.25) is 5.91 Å². The molecule has 5 nitrogen and oxygen atoms in total. The lowest BCUT2D eigenvalue weighted by Gasteiger charge is -2.20. The van der Waals surface area contributed by atoms with E-state index in [0.29, 0.717) is 24.4 Å². The highest BCUT2D eigenvalue weighted by atomic mass is 16.2. The van der Waals surface area contributed by atoms with Crippen LogP contribution in [-0.2, 0) is 23.1 Å². The highest BCUT2D eigenvalue weighted by molar-refractivity contribution is 6.06. The van der Waals surface area contributed by atoms with Crippen LogP contribution in [0, 0.1) is 5.41 Å². The van der Waals surface area contributed by atoms with E-state index in [0.717, 1.165) is 27.6 Å². The number of ketones is 1. The van der Waals surface area contributed by atoms with Crippen LogP contribution in [0.1, 0.15) is 48.0 Å². The summed E-state index contributed by atoms with van der Waals surface area (Å²) in [5.74, 6) is 0.709. The highest BCUT2D eigenvalue weighted by Crippen LogP contribution is 2.47. The van der Waals surface area contributed by atoms with Crippen LogP contribution in [0.2, 0.25) is 0 Å². The Hall–Kier alpha value is -3.08. The molecular weight excluding hydrogens is 350 g/mol. The molecule has 1 atom stereocenters. The van der Waals surface area contributed by atoms with E-state index in [2.05, 4.69) is 21.4 Å². The topological polar surface area (TPSA) is 72.0 Å². The van der Waals surface area contributed by atoms with Crippen molar-refractivity contribution in [3.8, 4) is 0 Å². The molecule has 1 amide bonds. The number of Topliss-reactive ketones (excluding diaryl/α,β-unsaturated/α-hetero) is 1. The summed E-state index contributed by atoms with van der Waals surface area (Å²) in [5.41, 5.74) is 3.48. The lowest BCUT2D eigenvalue weighted by atomic mass is 9.79. The van der Waals surface area contributed by atoms with E-state index < -0.39 is 10.8 Å². The smallest absolute Gasteiger partial charge is 0.237 e. The van der Waals surface area contributed by atoms with Gasteiger partial charge in [0.15, 0.2) is 5.78 Å². The minimum atomic E-state index is -0.590. The van der Waals surface area contributed by atoms with Gasteiger partial charge in [-0.2, -0.15) is 0 Å². The summed E-state index contributed by atoms with van der Waals surface area (Å²) < 4.78 is 0. The first-order valence-corrected chi connectivity index (χ1v) is 9.52. The van der Waals surface area contributed by atoms with Crippen molar-refractivity contribution in [3.63, 3.8) is 0 Å². The first kappa shape index (κ1) is 17.0. The van der Waals surface area contributed by atoms with Crippen LogP contribution < -0.4 is 5.32 Å². The Morgan fingerprint density at radius 2 is 1.86 bits per heavy atom. The van der Waals surface area contributed by atoms with Crippen molar-refractivity contribution < 1.29 is 9.59 Å². The number of benzene rings is 1. The van der Waals surface area contributed by atoms with Gasteiger partial charge in [-0.1, -0.05) is 32.9 Å². The van der Waals surface area contributed by atoms with E-state index in [1.54, 1.807) is 12.3 Å². The molecule has 140 valence electrons. The van der Waals surface area contributed by atoms with Crippen molar-refractivity contribution in [2.45, 2.75) is 39.0 Å². The lowest BCUT2D eigenvalue weighted by molar-refractivity contribution is -0.120. The molecule has 0 saturated carbocycles. The van der Waals surface area contributed by atoms with E-state index in [1.165, 1.54) is 0 Å². The molecule has 0 bridgehead atoms. The molecule has 2 aliphatic rings. The van der Waals surface area contributed by atoms with Gasteiger partial charge in [0, 0.05) is 22.6 Å². The number of pyridine rings is 2. The first-order valence-electron chi connectivity index (χ1n) is 9.52. The van der Waals surface area contributed by atoms with Crippen LogP contribution in [0.25, 0.3) is 10.9 Å². The van der Waals surface area contributed by atoms with Gasteiger partial charge in [-0.15, -0.1) is 0 Å². The van der Waals surface area contributed by atoms with Gasteiger partial charge >= 0.3 is 0 Å². The zero-order valence-electron chi connectivity index (χ0n) is 16.2. The molecule has 0 radical (unpaired) electrons. The van der Waals surface area contributed by atoms with Crippen LogP contribution >= 0.6 is 0 Å². The number of carbonyl (C=O) groups is 2. The Morgan fingerprint density at radius 3 is 2.61 bits per heavy atom. The molecule has 3 heterocycles. The Morgan fingerprint density at radius 1 is 1.11 bits per heavy atom. The number of carbonyl (C=O) groups excluding carboxylic acids is 2. The normalized spacial score (nSPS) is 20.3. The predicted molar refractivity (Wildman–Crippen MR) is 107 cm³/mol. The van der Waals surface area contributed by atoms with Crippen LogP contribution in [0.5, 0.6) is 0 Å². The molecule has 1 unspecified atom stereocenters. The molecule has 1 spiro atoms. The summed E-state index contributed by atoms with van der Waals surface area (Å²) >= 11 is 0. The maximum Gasteiger partial charge on any atom is 0.237 e.